The average Bonchev–Trinajstić information content (AvgIpc) is 2.74. The van der Waals surface area contributed by atoms with E-state index in [4.69, 9.17) is 0 Å². The summed E-state index contributed by atoms with van der Waals surface area (Å²) in [5.74, 6) is -0.531. The highest BCUT2D eigenvalue weighted by Crippen LogP contribution is 2.19. The standard InChI is InChI=1S/C23H22N2O4S/c1-16(24-22(26)18-11-13-21(14-12-18)30(2,28)29)19-9-6-10-20(15-19)25-23(27)17-7-4-3-5-8-17/h3-16H,1-2H3,(H,24,26)(H,25,27)/t16-/m1/s1. The lowest BCUT2D eigenvalue weighted by molar-refractivity contribution is 0.0939. The first-order valence-electron chi connectivity index (χ1n) is 9.31. The Morgan fingerprint density at radius 2 is 1.43 bits per heavy atom. The van der Waals surface area contributed by atoms with Gasteiger partial charge in [0.05, 0.1) is 10.9 Å². The van der Waals surface area contributed by atoms with E-state index in [2.05, 4.69) is 10.6 Å². The molecule has 0 aliphatic heterocycles. The van der Waals surface area contributed by atoms with Crippen molar-refractivity contribution in [2.75, 3.05) is 11.6 Å². The van der Waals surface area contributed by atoms with Crippen LogP contribution in [-0.2, 0) is 9.84 Å². The lowest BCUT2D eigenvalue weighted by Gasteiger charge is -2.16. The maximum absolute atomic E-state index is 12.5. The Balaban J connectivity index is 1.68. The average molecular weight is 423 g/mol. The molecule has 0 heterocycles. The molecule has 0 aromatic heterocycles. The fourth-order valence-electron chi connectivity index (χ4n) is 2.90. The third kappa shape index (κ3) is 5.33. The zero-order valence-corrected chi connectivity index (χ0v) is 17.4. The quantitative estimate of drug-likeness (QED) is 0.631. The van der Waals surface area contributed by atoms with Gasteiger partial charge in [-0.1, -0.05) is 30.3 Å². The molecule has 0 saturated heterocycles. The van der Waals surface area contributed by atoms with Crippen molar-refractivity contribution in [3.05, 3.63) is 95.6 Å². The second-order valence-electron chi connectivity index (χ2n) is 6.94. The topological polar surface area (TPSA) is 92.3 Å². The molecule has 0 bridgehead atoms. The third-order valence-corrected chi connectivity index (χ3v) is 5.70. The summed E-state index contributed by atoms with van der Waals surface area (Å²) in [7, 11) is -3.31. The molecule has 0 aliphatic carbocycles. The number of carbonyl (C=O) groups is 2. The Kier molecular flexibility index (Phi) is 6.32. The fraction of sp³-hybridized carbons (Fsp3) is 0.130. The number of anilines is 1. The van der Waals surface area contributed by atoms with Crippen LogP contribution in [0.15, 0.2) is 83.8 Å². The Morgan fingerprint density at radius 3 is 2.07 bits per heavy atom. The molecule has 3 aromatic carbocycles. The summed E-state index contributed by atoms with van der Waals surface area (Å²) in [6.07, 6.45) is 1.12. The van der Waals surface area contributed by atoms with E-state index in [1.165, 1.54) is 24.3 Å². The van der Waals surface area contributed by atoms with Crippen LogP contribution in [0.4, 0.5) is 5.69 Å². The summed E-state index contributed by atoms with van der Waals surface area (Å²) in [5, 5.41) is 5.73. The van der Waals surface area contributed by atoms with E-state index in [0.29, 0.717) is 16.8 Å². The Bertz CT molecular complexity index is 1160. The summed E-state index contributed by atoms with van der Waals surface area (Å²) in [4.78, 5) is 25.0. The van der Waals surface area contributed by atoms with Gasteiger partial charge < -0.3 is 10.6 Å². The number of benzene rings is 3. The Hall–Kier alpha value is -3.45. The van der Waals surface area contributed by atoms with Crippen LogP contribution in [0.25, 0.3) is 0 Å². The van der Waals surface area contributed by atoms with Crippen LogP contribution in [0.3, 0.4) is 0 Å². The van der Waals surface area contributed by atoms with Crippen molar-refractivity contribution >= 4 is 27.3 Å². The SMILES string of the molecule is C[C@@H](NC(=O)c1ccc(S(C)(=O)=O)cc1)c1cccc(NC(=O)c2ccccc2)c1. The van der Waals surface area contributed by atoms with E-state index >= 15 is 0 Å². The maximum atomic E-state index is 12.5. The van der Waals surface area contributed by atoms with Crippen molar-refractivity contribution in [2.45, 2.75) is 17.9 Å². The summed E-state index contributed by atoms with van der Waals surface area (Å²) < 4.78 is 23.1. The third-order valence-electron chi connectivity index (χ3n) is 4.57. The molecule has 0 spiro atoms. The molecule has 0 fully saturated rings. The van der Waals surface area contributed by atoms with Crippen LogP contribution in [0.1, 0.15) is 39.2 Å². The van der Waals surface area contributed by atoms with Crippen molar-refractivity contribution in [3.63, 3.8) is 0 Å². The number of hydrogen-bond acceptors (Lipinski definition) is 4. The van der Waals surface area contributed by atoms with Gasteiger partial charge in [0, 0.05) is 23.1 Å². The molecule has 0 aliphatic rings. The first kappa shape index (κ1) is 21.3. The minimum atomic E-state index is -3.31. The Morgan fingerprint density at radius 1 is 0.800 bits per heavy atom. The predicted molar refractivity (Wildman–Crippen MR) is 116 cm³/mol. The molecule has 0 unspecified atom stereocenters. The number of hydrogen-bond donors (Lipinski definition) is 2. The van der Waals surface area contributed by atoms with Crippen LogP contribution in [0.2, 0.25) is 0 Å². The number of nitrogens with one attached hydrogen (secondary N) is 2. The van der Waals surface area contributed by atoms with Crippen molar-refractivity contribution in [1.82, 2.24) is 5.32 Å². The van der Waals surface area contributed by atoms with Gasteiger partial charge in [0.25, 0.3) is 11.8 Å². The molecule has 3 aromatic rings. The van der Waals surface area contributed by atoms with Gasteiger partial charge in [-0.15, -0.1) is 0 Å². The highest BCUT2D eigenvalue weighted by molar-refractivity contribution is 7.90. The summed E-state index contributed by atoms with van der Waals surface area (Å²) >= 11 is 0. The van der Waals surface area contributed by atoms with E-state index in [9.17, 15) is 18.0 Å². The molecular formula is C23H22N2O4S. The van der Waals surface area contributed by atoms with E-state index in [1.807, 2.05) is 19.1 Å². The van der Waals surface area contributed by atoms with Gasteiger partial charge in [0.2, 0.25) is 0 Å². The van der Waals surface area contributed by atoms with E-state index in [0.717, 1.165) is 11.8 Å². The molecular weight excluding hydrogens is 400 g/mol. The van der Waals surface area contributed by atoms with E-state index in [-0.39, 0.29) is 22.8 Å². The fourth-order valence-corrected chi connectivity index (χ4v) is 3.53. The van der Waals surface area contributed by atoms with Crippen LogP contribution >= 0.6 is 0 Å². The minimum Gasteiger partial charge on any atom is -0.346 e. The van der Waals surface area contributed by atoms with Gasteiger partial charge in [-0.2, -0.15) is 0 Å². The molecule has 0 saturated carbocycles. The van der Waals surface area contributed by atoms with Gasteiger partial charge >= 0.3 is 0 Å². The van der Waals surface area contributed by atoms with Crippen LogP contribution in [-0.4, -0.2) is 26.5 Å². The molecule has 2 amide bonds. The molecule has 2 N–H and O–H groups in total. The van der Waals surface area contributed by atoms with Crippen molar-refractivity contribution < 1.29 is 18.0 Å². The molecule has 3 rings (SSSR count). The molecule has 6 nitrogen and oxygen atoms in total. The van der Waals surface area contributed by atoms with Crippen LogP contribution in [0, 0.1) is 0 Å². The lowest BCUT2D eigenvalue weighted by atomic mass is 10.1. The largest absolute Gasteiger partial charge is 0.346 e. The number of rotatable bonds is 6. The molecule has 154 valence electrons. The molecule has 1 atom stereocenters. The first-order chi connectivity index (χ1) is 14.2. The van der Waals surface area contributed by atoms with E-state index < -0.39 is 9.84 Å². The van der Waals surface area contributed by atoms with Gasteiger partial charge in [-0.25, -0.2) is 8.42 Å². The van der Waals surface area contributed by atoms with E-state index in [1.54, 1.807) is 42.5 Å². The predicted octanol–water partition coefficient (Wildman–Crippen LogP) is 3.83. The highest BCUT2D eigenvalue weighted by atomic mass is 32.2. The second-order valence-corrected chi connectivity index (χ2v) is 8.95. The Labute approximate surface area is 175 Å². The normalized spacial score (nSPS) is 12.1. The number of amides is 2. The van der Waals surface area contributed by atoms with Crippen molar-refractivity contribution in [1.29, 1.82) is 0 Å². The van der Waals surface area contributed by atoms with Crippen LogP contribution in [0.5, 0.6) is 0 Å². The molecule has 30 heavy (non-hydrogen) atoms. The maximum Gasteiger partial charge on any atom is 0.255 e. The zero-order valence-electron chi connectivity index (χ0n) is 16.6. The molecule has 7 heteroatoms. The van der Waals surface area contributed by atoms with Gasteiger partial charge in [-0.05, 0) is 61.0 Å². The zero-order chi connectivity index (χ0) is 21.7. The van der Waals surface area contributed by atoms with Gasteiger partial charge in [-0.3, -0.25) is 9.59 Å². The summed E-state index contributed by atoms with van der Waals surface area (Å²) in [6.45, 7) is 1.83. The van der Waals surface area contributed by atoms with Gasteiger partial charge in [0.1, 0.15) is 0 Å². The smallest absolute Gasteiger partial charge is 0.255 e. The number of sulfone groups is 1. The summed E-state index contributed by atoms with van der Waals surface area (Å²) in [5.41, 5.74) is 2.37. The summed E-state index contributed by atoms with van der Waals surface area (Å²) in [6, 6.07) is 21.6. The lowest BCUT2D eigenvalue weighted by Crippen LogP contribution is -2.26. The first-order valence-corrected chi connectivity index (χ1v) is 11.2. The van der Waals surface area contributed by atoms with Crippen LogP contribution < -0.4 is 10.6 Å². The minimum absolute atomic E-state index is 0.161. The van der Waals surface area contributed by atoms with Crippen molar-refractivity contribution in [3.8, 4) is 0 Å². The highest BCUT2D eigenvalue weighted by Gasteiger charge is 2.14. The second kappa shape index (κ2) is 8.92. The molecule has 0 radical (unpaired) electrons. The monoisotopic (exact) mass is 422 g/mol. The number of carbonyl (C=O) groups excluding carboxylic acids is 2. The van der Waals surface area contributed by atoms with Crippen molar-refractivity contribution in [2.24, 2.45) is 0 Å². The van der Waals surface area contributed by atoms with Gasteiger partial charge in [0.15, 0.2) is 9.84 Å².